The van der Waals surface area contributed by atoms with Gasteiger partial charge in [-0.1, -0.05) is 30.7 Å². The van der Waals surface area contributed by atoms with Crippen molar-refractivity contribution >= 4 is 16.9 Å². The smallest absolute Gasteiger partial charge is 0.223 e. The third-order valence-electron chi connectivity index (χ3n) is 6.92. The van der Waals surface area contributed by atoms with Crippen molar-refractivity contribution in [1.29, 1.82) is 0 Å². The number of nitrogens with one attached hydrogen (secondary N) is 1. The summed E-state index contributed by atoms with van der Waals surface area (Å²) >= 11 is 0. The van der Waals surface area contributed by atoms with Gasteiger partial charge in [0, 0.05) is 24.2 Å². The van der Waals surface area contributed by atoms with Gasteiger partial charge in [-0.2, -0.15) is 0 Å². The van der Waals surface area contributed by atoms with Crippen LogP contribution in [-0.4, -0.2) is 21.5 Å². The highest BCUT2D eigenvalue weighted by molar-refractivity contribution is 5.79. The lowest BCUT2D eigenvalue weighted by atomic mass is 9.65. The number of aromatic nitrogens is 2. The number of hydrogen-bond donors (Lipinski definition) is 2. The maximum absolute atomic E-state index is 12.7. The van der Waals surface area contributed by atoms with Crippen LogP contribution in [0.15, 0.2) is 54.9 Å². The molecule has 0 aliphatic heterocycles. The molecular formula is C24H28N4O. The molecule has 2 aliphatic rings. The van der Waals surface area contributed by atoms with E-state index in [0.29, 0.717) is 24.4 Å². The summed E-state index contributed by atoms with van der Waals surface area (Å²) in [6, 6.07) is 16.7. The van der Waals surface area contributed by atoms with Crippen molar-refractivity contribution in [3.8, 4) is 5.69 Å². The minimum atomic E-state index is 0.127. The van der Waals surface area contributed by atoms with Crippen LogP contribution < -0.4 is 11.1 Å². The number of carbonyl (C=O) groups is 1. The third kappa shape index (κ3) is 3.55. The van der Waals surface area contributed by atoms with Crippen LogP contribution in [0.3, 0.4) is 0 Å². The summed E-state index contributed by atoms with van der Waals surface area (Å²) in [4.78, 5) is 17.2. The van der Waals surface area contributed by atoms with Crippen molar-refractivity contribution < 1.29 is 4.79 Å². The fourth-order valence-corrected chi connectivity index (χ4v) is 5.28. The van der Waals surface area contributed by atoms with E-state index in [1.165, 1.54) is 19.3 Å². The van der Waals surface area contributed by atoms with Crippen LogP contribution in [-0.2, 0) is 11.3 Å². The molecule has 2 aromatic carbocycles. The molecule has 3 aromatic rings. The van der Waals surface area contributed by atoms with Crippen LogP contribution in [0.1, 0.15) is 37.7 Å². The van der Waals surface area contributed by atoms with Gasteiger partial charge in [-0.05, 0) is 67.3 Å². The monoisotopic (exact) mass is 388 g/mol. The predicted octanol–water partition coefficient (Wildman–Crippen LogP) is 3.80. The zero-order valence-corrected chi connectivity index (χ0v) is 16.6. The first kappa shape index (κ1) is 18.4. The number of benzene rings is 2. The van der Waals surface area contributed by atoms with Crippen LogP contribution in [0.2, 0.25) is 0 Å². The van der Waals surface area contributed by atoms with E-state index in [2.05, 4.69) is 45.2 Å². The molecule has 0 saturated heterocycles. The number of carbonyl (C=O) groups excluding carboxylic acids is 1. The average molecular weight is 389 g/mol. The number of amides is 1. The highest BCUT2D eigenvalue weighted by atomic mass is 16.1. The van der Waals surface area contributed by atoms with E-state index in [-0.39, 0.29) is 11.8 Å². The number of imidazole rings is 1. The van der Waals surface area contributed by atoms with E-state index in [0.717, 1.165) is 35.1 Å². The quantitative estimate of drug-likeness (QED) is 0.714. The molecule has 2 bridgehead atoms. The molecule has 0 spiro atoms. The molecule has 29 heavy (non-hydrogen) atoms. The summed E-state index contributed by atoms with van der Waals surface area (Å²) < 4.78 is 2.09. The number of nitrogens with zero attached hydrogens (tertiary/aromatic N) is 2. The Kier molecular flexibility index (Phi) is 4.84. The minimum absolute atomic E-state index is 0.127. The van der Waals surface area contributed by atoms with E-state index in [4.69, 9.17) is 5.73 Å². The van der Waals surface area contributed by atoms with Crippen molar-refractivity contribution in [3.05, 3.63) is 60.4 Å². The molecule has 5 rings (SSSR count). The molecule has 1 amide bonds. The lowest BCUT2D eigenvalue weighted by molar-refractivity contribution is -0.128. The van der Waals surface area contributed by atoms with Crippen molar-refractivity contribution in [2.24, 2.45) is 23.5 Å². The van der Waals surface area contributed by atoms with Gasteiger partial charge < -0.3 is 11.1 Å². The molecule has 2 unspecified atom stereocenters. The van der Waals surface area contributed by atoms with E-state index >= 15 is 0 Å². The Morgan fingerprint density at radius 1 is 1.07 bits per heavy atom. The summed E-state index contributed by atoms with van der Waals surface area (Å²) in [7, 11) is 0. The molecule has 2 aliphatic carbocycles. The first-order valence-corrected chi connectivity index (χ1v) is 10.7. The number of rotatable bonds is 4. The summed E-state index contributed by atoms with van der Waals surface area (Å²) in [5, 5.41) is 3.16. The lowest BCUT2D eigenvalue weighted by Crippen LogP contribution is -2.49. The Morgan fingerprint density at radius 3 is 2.55 bits per heavy atom. The van der Waals surface area contributed by atoms with Gasteiger partial charge in [0.05, 0.1) is 11.0 Å². The largest absolute Gasteiger partial charge is 0.352 e. The standard InChI is InChI=1S/C24H28N4O/c25-23-17-4-3-5-18(23)13-19(12-17)24(29)26-14-16-8-10-20(11-9-16)28-15-27-21-6-1-2-7-22(21)28/h1-2,6-11,15,17-19,23H,3-5,12-14,25H2,(H,26,29). The van der Waals surface area contributed by atoms with Crippen molar-refractivity contribution in [2.75, 3.05) is 0 Å². The lowest BCUT2D eigenvalue weighted by Gasteiger charge is -2.43. The highest BCUT2D eigenvalue weighted by Gasteiger charge is 2.40. The second-order valence-electron chi connectivity index (χ2n) is 8.68. The summed E-state index contributed by atoms with van der Waals surface area (Å²) in [5.74, 6) is 1.38. The zero-order chi connectivity index (χ0) is 19.8. The van der Waals surface area contributed by atoms with Gasteiger partial charge >= 0.3 is 0 Å². The molecule has 2 fully saturated rings. The van der Waals surface area contributed by atoms with Crippen LogP contribution in [0.25, 0.3) is 16.7 Å². The first-order chi connectivity index (χ1) is 14.2. The fourth-order valence-electron chi connectivity index (χ4n) is 5.28. The summed E-state index contributed by atoms with van der Waals surface area (Å²) in [6.07, 6.45) is 7.41. The van der Waals surface area contributed by atoms with Crippen LogP contribution in [0, 0.1) is 17.8 Å². The molecule has 150 valence electrons. The van der Waals surface area contributed by atoms with Crippen LogP contribution in [0.4, 0.5) is 0 Å². The normalized spacial score (nSPS) is 26.4. The average Bonchev–Trinajstić information content (AvgIpc) is 3.16. The SMILES string of the molecule is NC1C2CCCC1CC(C(=O)NCc1ccc(-n3cnc4ccccc43)cc1)C2. The van der Waals surface area contributed by atoms with Crippen molar-refractivity contribution in [1.82, 2.24) is 14.9 Å². The second kappa shape index (κ2) is 7.64. The minimum Gasteiger partial charge on any atom is -0.352 e. The highest BCUT2D eigenvalue weighted by Crippen LogP contribution is 2.41. The Hall–Kier alpha value is -2.66. The van der Waals surface area contributed by atoms with Gasteiger partial charge in [-0.15, -0.1) is 0 Å². The van der Waals surface area contributed by atoms with Crippen molar-refractivity contribution in [3.63, 3.8) is 0 Å². The maximum Gasteiger partial charge on any atom is 0.223 e. The van der Waals surface area contributed by atoms with E-state index in [1.54, 1.807) is 0 Å². The molecule has 5 nitrogen and oxygen atoms in total. The van der Waals surface area contributed by atoms with Crippen LogP contribution >= 0.6 is 0 Å². The molecule has 2 saturated carbocycles. The van der Waals surface area contributed by atoms with Crippen molar-refractivity contribution in [2.45, 2.75) is 44.7 Å². The molecule has 1 aromatic heterocycles. The van der Waals surface area contributed by atoms with Gasteiger partial charge in [-0.3, -0.25) is 9.36 Å². The Balaban J connectivity index is 1.22. The fraction of sp³-hybridized carbons (Fsp3) is 0.417. The number of hydrogen-bond acceptors (Lipinski definition) is 3. The van der Waals surface area contributed by atoms with E-state index in [1.807, 2.05) is 24.5 Å². The Morgan fingerprint density at radius 2 is 1.79 bits per heavy atom. The third-order valence-corrected chi connectivity index (χ3v) is 6.92. The summed E-state index contributed by atoms with van der Waals surface area (Å²) in [6.45, 7) is 0.571. The maximum atomic E-state index is 12.7. The van der Waals surface area contributed by atoms with Gasteiger partial charge in [0.1, 0.15) is 6.33 Å². The second-order valence-corrected chi connectivity index (χ2v) is 8.68. The number of fused-ring (bicyclic) bond motifs is 3. The molecular weight excluding hydrogens is 360 g/mol. The van der Waals surface area contributed by atoms with E-state index in [9.17, 15) is 4.79 Å². The predicted molar refractivity (Wildman–Crippen MR) is 114 cm³/mol. The van der Waals surface area contributed by atoms with Gasteiger partial charge in [0.2, 0.25) is 5.91 Å². The zero-order valence-electron chi connectivity index (χ0n) is 16.6. The molecule has 0 radical (unpaired) electrons. The van der Waals surface area contributed by atoms with Crippen LogP contribution in [0.5, 0.6) is 0 Å². The first-order valence-electron chi connectivity index (χ1n) is 10.7. The number of nitrogens with two attached hydrogens (primary N) is 1. The molecule has 1 heterocycles. The topological polar surface area (TPSA) is 72.9 Å². The molecule has 2 atom stereocenters. The van der Waals surface area contributed by atoms with Gasteiger partial charge in [-0.25, -0.2) is 4.98 Å². The van der Waals surface area contributed by atoms with Gasteiger partial charge in [0.15, 0.2) is 0 Å². The van der Waals surface area contributed by atoms with Gasteiger partial charge in [0.25, 0.3) is 0 Å². The Bertz CT molecular complexity index is 995. The summed E-state index contributed by atoms with van der Waals surface area (Å²) in [5.41, 5.74) is 10.6. The molecule has 5 heteroatoms. The van der Waals surface area contributed by atoms with E-state index < -0.39 is 0 Å². The number of para-hydroxylation sites is 2. The molecule has 3 N–H and O–H groups in total. The Labute approximate surface area is 171 Å².